The number of rotatable bonds is 4. The van der Waals surface area contributed by atoms with Gasteiger partial charge in [0.05, 0.1) is 18.7 Å². The fourth-order valence-electron chi connectivity index (χ4n) is 3.01. The third-order valence-corrected chi connectivity index (χ3v) is 4.62. The van der Waals surface area contributed by atoms with Gasteiger partial charge in [0, 0.05) is 36.6 Å². The standard InChI is InChI=1S/C20H20ClN3O3/c1-3-19(25)24-4-5-27-18(12-24)14-6-13(8-17(21)9-14)15-7-16(11-23-10-15)20(26)22-2/h3,6-11,18H,1,4-5,12H2,2H3,(H,22,26)/t18-/m1/s1. The Balaban J connectivity index is 1.92. The van der Waals surface area contributed by atoms with E-state index in [-0.39, 0.29) is 17.9 Å². The van der Waals surface area contributed by atoms with Gasteiger partial charge in [0.1, 0.15) is 6.10 Å². The largest absolute Gasteiger partial charge is 0.370 e. The Hall–Kier alpha value is -2.70. The van der Waals surface area contributed by atoms with E-state index >= 15 is 0 Å². The van der Waals surface area contributed by atoms with Crippen molar-refractivity contribution in [3.63, 3.8) is 0 Å². The number of nitrogens with one attached hydrogen (secondary N) is 1. The molecule has 1 aromatic carbocycles. The smallest absolute Gasteiger partial charge is 0.252 e. The normalized spacial score (nSPS) is 16.7. The minimum Gasteiger partial charge on any atom is -0.370 e. The lowest BCUT2D eigenvalue weighted by molar-refractivity contribution is -0.133. The molecule has 7 heteroatoms. The molecule has 1 aliphatic heterocycles. The molecule has 0 unspecified atom stereocenters. The van der Waals surface area contributed by atoms with Crippen LogP contribution in [0.2, 0.25) is 5.02 Å². The van der Waals surface area contributed by atoms with Crippen LogP contribution in [-0.4, -0.2) is 48.4 Å². The maximum Gasteiger partial charge on any atom is 0.252 e. The number of carbonyl (C=O) groups is 2. The number of aromatic nitrogens is 1. The van der Waals surface area contributed by atoms with Gasteiger partial charge in [-0.2, -0.15) is 0 Å². The average molecular weight is 386 g/mol. The van der Waals surface area contributed by atoms with Gasteiger partial charge in [-0.15, -0.1) is 0 Å². The van der Waals surface area contributed by atoms with Crippen LogP contribution in [0.1, 0.15) is 22.0 Å². The van der Waals surface area contributed by atoms with Crippen molar-refractivity contribution in [2.45, 2.75) is 6.10 Å². The van der Waals surface area contributed by atoms with Crippen molar-refractivity contribution in [3.8, 4) is 11.1 Å². The van der Waals surface area contributed by atoms with E-state index in [0.29, 0.717) is 30.3 Å². The minimum atomic E-state index is -0.282. The summed E-state index contributed by atoms with van der Waals surface area (Å²) in [7, 11) is 1.57. The molecular weight excluding hydrogens is 366 g/mol. The first-order valence-electron chi connectivity index (χ1n) is 8.52. The highest BCUT2D eigenvalue weighted by molar-refractivity contribution is 6.31. The van der Waals surface area contributed by atoms with Gasteiger partial charge < -0.3 is 15.0 Å². The van der Waals surface area contributed by atoms with E-state index < -0.39 is 0 Å². The van der Waals surface area contributed by atoms with Crippen molar-refractivity contribution < 1.29 is 14.3 Å². The van der Waals surface area contributed by atoms with Crippen LogP contribution in [0.5, 0.6) is 0 Å². The molecule has 1 atom stereocenters. The number of carbonyl (C=O) groups excluding carboxylic acids is 2. The zero-order valence-corrected chi connectivity index (χ0v) is 15.7. The summed E-state index contributed by atoms with van der Waals surface area (Å²) in [6.45, 7) is 4.95. The van der Waals surface area contributed by atoms with Gasteiger partial charge in [-0.3, -0.25) is 14.6 Å². The molecule has 0 bridgehead atoms. The van der Waals surface area contributed by atoms with Crippen LogP contribution in [-0.2, 0) is 9.53 Å². The first-order valence-corrected chi connectivity index (χ1v) is 8.90. The van der Waals surface area contributed by atoms with Crippen molar-refractivity contribution in [3.05, 3.63) is 65.5 Å². The summed E-state index contributed by atoms with van der Waals surface area (Å²) in [5.74, 6) is -0.325. The van der Waals surface area contributed by atoms with Gasteiger partial charge in [0.2, 0.25) is 5.91 Å². The lowest BCUT2D eigenvalue weighted by Gasteiger charge is -2.32. The summed E-state index contributed by atoms with van der Waals surface area (Å²) in [4.78, 5) is 29.6. The number of ether oxygens (including phenoxy) is 1. The zero-order chi connectivity index (χ0) is 19.4. The number of hydrogen-bond acceptors (Lipinski definition) is 4. The molecular formula is C20H20ClN3O3. The van der Waals surface area contributed by atoms with Crippen molar-refractivity contribution >= 4 is 23.4 Å². The molecule has 0 saturated carbocycles. The van der Waals surface area contributed by atoms with Gasteiger partial charge in [0.15, 0.2) is 0 Å². The van der Waals surface area contributed by atoms with E-state index in [4.69, 9.17) is 16.3 Å². The van der Waals surface area contributed by atoms with Gasteiger partial charge in [0.25, 0.3) is 5.91 Å². The fourth-order valence-corrected chi connectivity index (χ4v) is 3.25. The Morgan fingerprint density at radius 2 is 2.11 bits per heavy atom. The fraction of sp³-hybridized carbons (Fsp3) is 0.250. The van der Waals surface area contributed by atoms with Crippen LogP contribution in [0.3, 0.4) is 0 Å². The molecule has 0 spiro atoms. The van der Waals surface area contributed by atoms with Crippen LogP contribution in [0.15, 0.2) is 49.3 Å². The molecule has 1 aliphatic rings. The van der Waals surface area contributed by atoms with E-state index in [1.54, 1.807) is 24.2 Å². The highest BCUT2D eigenvalue weighted by Gasteiger charge is 2.25. The lowest BCUT2D eigenvalue weighted by atomic mass is 10.00. The summed E-state index contributed by atoms with van der Waals surface area (Å²) < 4.78 is 5.85. The predicted molar refractivity (Wildman–Crippen MR) is 104 cm³/mol. The lowest BCUT2D eigenvalue weighted by Crippen LogP contribution is -2.41. The Labute approximate surface area is 162 Å². The van der Waals surface area contributed by atoms with Crippen molar-refractivity contribution in [1.82, 2.24) is 15.2 Å². The molecule has 6 nitrogen and oxygen atoms in total. The van der Waals surface area contributed by atoms with Gasteiger partial charge >= 0.3 is 0 Å². The monoisotopic (exact) mass is 385 g/mol. The first kappa shape index (κ1) is 19.1. The van der Waals surface area contributed by atoms with E-state index in [9.17, 15) is 9.59 Å². The Bertz CT molecular complexity index is 885. The third-order valence-electron chi connectivity index (χ3n) is 4.41. The molecule has 2 heterocycles. The molecule has 1 N–H and O–H groups in total. The molecule has 140 valence electrons. The molecule has 2 aromatic rings. The van der Waals surface area contributed by atoms with E-state index in [1.165, 1.54) is 12.3 Å². The Morgan fingerprint density at radius 1 is 1.30 bits per heavy atom. The summed E-state index contributed by atoms with van der Waals surface area (Å²) in [5.41, 5.74) is 2.93. The van der Waals surface area contributed by atoms with Crippen molar-refractivity contribution in [2.75, 3.05) is 26.7 Å². The predicted octanol–water partition coefficient (Wildman–Crippen LogP) is 2.85. The van der Waals surface area contributed by atoms with E-state index in [0.717, 1.165) is 16.7 Å². The van der Waals surface area contributed by atoms with E-state index in [1.807, 2.05) is 18.2 Å². The third kappa shape index (κ3) is 4.35. The molecule has 0 aliphatic carbocycles. The molecule has 27 heavy (non-hydrogen) atoms. The highest BCUT2D eigenvalue weighted by atomic mass is 35.5. The number of amides is 2. The number of benzene rings is 1. The number of hydrogen-bond donors (Lipinski definition) is 1. The zero-order valence-electron chi connectivity index (χ0n) is 14.9. The summed E-state index contributed by atoms with van der Waals surface area (Å²) in [6, 6.07) is 7.35. The van der Waals surface area contributed by atoms with Crippen molar-refractivity contribution in [1.29, 1.82) is 0 Å². The number of morpholine rings is 1. The SMILES string of the molecule is C=CC(=O)N1CCO[C@@H](c2cc(Cl)cc(-c3cncc(C(=O)NC)c3)c2)C1. The minimum absolute atomic E-state index is 0.118. The van der Waals surface area contributed by atoms with Crippen LogP contribution >= 0.6 is 11.6 Å². The van der Waals surface area contributed by atoms with Crippen LogP contribution in [0.25, 0.3) is 11.1 Å². The van der Waals surface area contributed by atoms with Crippen molar-refractivity contribution in [2.24, 2.45) is 0 Å². The summed E-state index contributed by atoms with van der Waals surface area (Å²) in [5, 5.41) is 3.13. The van der Waals surface area contributed by atoms with Crippen LogP contribution in [0, 0.1) is 0 Å². The molecule has 1 saturated heterocycles. The maximum absolute atomic E-state index is 11.9. The number of nitrogens with zero attached hydrogens (tertiary/aromatic N) is 2. The first-order chi connectivity index (χ1) is 13.0. The quantitative estimate of drug-likeness (QED) is 0.821. The van der Waals surface area contributed by atoms with E-state index in [2.05, 4.69) is 16.9 Å². The second kappa shape index (κ2) is 8.33. The molecule has 2 amide bonds. The molecule has 1 fully saturated rings. The number of halogens is 1. The maximum atomic E-state index is 11.9. The van der Waals surface area contributed by atoms with Crippen LogP contribution < -0.4 is 5.32 Å². The molecule has 1 aromatic heterocycles. The second-order valence-corrected chi connectivity index (χ2v) is 6.60. The van der Waals surface area contributed by atoms with Gasteiger partial charge in [-0.1, -0.05) is 18.2 Å². The summed E-state index contributed by atoms with van der Waals surface area (Å²) >= 11 is 6.32. The Morgan fingerprint density at radius 3 is 2.85 bits per heavy atom. The molecule has 3 rings (SSSR count). The van der Waals surface area contributed by atoms with Crippen LogP contribution in [0.4, 0.5) is 0 Å². The highest BCUT2D eigenvalue weighted by Crippen LogP contribution is 2.30. The Kier molecular flexibility index (Phi) is 5.88. The second-order valence-electron chi connectivity index (χ2n) is 6.16. The summed E-state index contributed by atoms with van der Waals surface area (Å²) in [6.07, 6.45) is 4.21. The number of pyridine rings is 1. The topological polar surface area (TPSA) is 71.5 Å². The van der Waals surface area contributed by atoms with Gasteiger partial charge in [-0.25, -0.2) is 0 Å². The average Bonchev–Trinajstić information content (AvgIpc) is 2.72. The van der Waals surface area contributed by atoms with Gasteiger partial charge in [-0.05, 0) is 41.5 Å². The molecule has 0 radical (unpaired) electrons.